The van der Waals surface area contributed by atoms with E-state index in [4.69, 9.17) is 4.74 Å². The van der Waals surface area contributed by atoms with Crippen LogP contribution in [0.4, 0.5) is 5.69 Å². The lowest BCUT2D eigenvalue weighted by molar-refractivity contribution is 0.102. The van der Waals surface area contributed by atoms with E-state index in [1.54, 1.807) is 31.4 Å². The van der Waals surface area contributed by atoms with Gasteiger partial charge in [-0.15, -0.1) is 0 Å². The Labute approximate surface area is 152 Å². The van der Waals surface area contributed by atoms with Gasteiger partial charge in [0.2, 0.25) is 0 Å². The number of carbonyl (C=O) groups excluding carboxylic acids is 1. The minimum atomic E-state index is -0.313. The van der Waals surface area contributed by atoms with E-state index < -0.39 is 0 Å². The van der Waals surface area contributed by atoms with Gasteiger partial charge in [0.05, 0.1) is 20.8 Å². The second-order valence-electron chi connectivity index (χ2n) is 4.09. The van der Waals surface area contributed by atoms with Crippen molar-refractivity contribution in [3.8, 4) is 11.5 Å². The summed E-state index contributed by atoms with van der Waals surface area (Å²) in [4.78, 5) is 12.2. The van der Waals surface area contributed by atoms with Gasteiger partial charge in [0.1, 0.15) is 11.5 Å². The van der Waals surface area contributed by atoms with Crippen molar-refractivity contribution in [1.29, 1.82) is 0 Å². The van der Waals surface area contributed by atoms with Gasteiger partial charge in [-0.05, 0) is 78.7 Å². The van der Waals surface area contributed by atoms with E-state index in [1.165, 1.54) is 6.07 Å². The molecule has 0 spiro atoms. The molecule has 0 saturated carbocycles. The molecule has 2 N–H and O–H groups in total. The number of amides is 1. The third kappa shape index (κ3) is 3.89. The van der Waals surface area contributed by atoms with Crippen molar-refractivity contribution in [3.05, 3.63) is 48.4 Å². The Balaban J connectivity index is 2.29. The molecule has 0 aromatic heterocycles. The van der Waals surface area contributed by atoms with Crippen LogP contribution in [-0.4, -0.2) is 18.1 Å². The molecule has 2 aromatic carbocycles. The highest BCUT2D eigenvalue weighted by atomic mass is 127. The second kappa shape index (κ2) is 6.97. The van der Waals surface area contributed by atoms with Crippen LogP contribution in [0.25, 0.3) is 0 Å². The molecule has 0 aliphatic rings. The smallest absolute Gasteiger partial charge is 0.255 e. The minimum Gasteiger partial charge on any atom is -0.507 e. The molecule has 110 valence electrons. The largest absolute Gasteiger partial charge is 0.507 e. The van der Waals surface area contributed by atoms with E-state index in [9.17, 15) is 9.90 Å². The summed E-state index contributed by atoms with van der Waals surface area (Å²) in [6.07, 6.45) is 0. The first-order chi connectivity index (χ1) is 9.92. The number of phenols is 1. The molecule has 0 aliphatic carbocycles. The molecule has 0 radical (unpaired) electrons. The van der Waals surface area contributed by atoms with Crippen molar-refractivity contribution in [2.24, 2.45) is 0 Å². The fourth-order valence-corrected chi connectivity index (χ4v) is 3.22. The maximum Gasteiger partial charge on any atom is 0.255 e. The van der Waals surface area contributed by atoms with Gasteiger partial charge in [0.25, 0.3) is 5.91 Å². The third-order valence-electron chi connectivity index (χ3n) is 2.70. The lowest BCUT2D eigenvalue weighted by Crippen LogP contribution is -2.12. The van der Waals surface area contributed by atoms with Gasteiger partial charge < -0.3 is 15.2 Å². The van der Waals surface area contributed by atoms with Crippen molar-refractivity contribution in [1.82, 2.24) is 0 Å². The molecule has 0 aliphatic heterocycles. The molecule has 0 unspecified atom stereocenters. The van der Waals surface area contributed by atoms with Gasteiger partial charge in [0, 0.05) is 16.1 Å². The monoisotopic (exact) mass is 525 g/mol. The Morgan fingerprint density at radius 3 is 2.57 bits per heavy atom. The van der Waals surface area contributed by atoms with Crippen LogP contribution in [0, 0.1) is 3.57 Å². The topological polar surface area (TPSA) is 58.6 Å². The van der Waals surface area contributed by atoms with Gasteiger partial charge >= 0.3 is 0 Å². The van der Waals surface area contributed by atoms with E-state index in [0.717, 1.165) is 8.95 Å². The van der Waals surface area contributed by atoms with Gasteiger partial charge in [-0.2, -0.15) is 0 Å². The van der Waals surface area contributed by atoms with Gasteiger partial charge in [0.15, 0.2) is 0 Å². The van der Waals surface area contributed by atoms with Crippen LogP contribution in [0.15, 0.2) is 39.3 Å². The van der Waals surface area contributed by atoms with Crippen molar-refractivity contribution in [2.45, 2.75) is 0 Å². The Hall–Kier alpha value is -0.800. The van der Waals surface area contributed by atoms with Crippen LogP contribution in [-0.2, 0) is 0 Å². The normalized spacial score (nSPS) is 10.3. The molecular weight excluding hydrogens is 517 g/mol. The number of phenolic OH excluding ortho intramolecular Hbond substituents is 1. The van der Waals surface area contributed by atoms with E-state index in [1.807, 2.05) is 22.6 Å². The average Bonchev–Trinajstić information content (AvgIpc) is 2.44. The highest BCUT2D eigenvalue weighted by Gasteiger charge is 2.13. The summed E-state index contributed by atoms with van der Waals surface area (Å²) in [5.74, 6) is 0.376. The van der Waals surface area contributed by atoms with Crippen molar-refractivity contribution >= 4 is 66.0 Å². The zero-order valence-electron chi connectivity index (χ0n) is 10.8. The van der Waals surface area contributed by atoms with Crippen LogP contribution in [0.3, 0.4) is 0 Å². The Morgan fingerprint density at radius 1 is 1.24 bits per heavy atom. The van der Waals surface area contributed by atoms with Crippen LogP contribution >= 0.6 is 54.5 Å². The zero-order chi connectivity index (χ0) is 15.6. The predicted molar refractivity (Wildman–Crippen MR) is 97.2 cm³/mol. The number of aromatic hydroxyl groups is 1. The Kier molecular flexibility index (Phi) is 5.50. The number of carbonyl (C=O) groups is 1. The molecule has 2 rings (SSSR count). The highest BCUT2D eigenvalue weighted by molar-refractivity contribution is 14.1. The summed E-state index contributed by atoms with van der Waals surface area (Å²) in [5, 5.41) is 12.4. The zero-order valence-corrected chi connectivity index (χ0v) is 16.1. The lowest BCUT2D eigenvalue weighted by atomic mass is 10.2. The highest BCUT2D eigenvalue weighted by Crippen LogP contribution is 2.34. The molecule has 0 atom stereocenters. The number of hydrogen-bond acceptors (Lipinski definition) is 3. The standard InChI is InChI=1S/C14H10Br2INO3/c1-21-13-6-11(8(15)5-9(13)16)18-14(20)7-2-3-10(17)12(19)4-7/h2-6,19H,1H3,(H,18,20). The number of hydrogen-bond donors (Lipinski definition) is 2. The summed E-state index contributed by atoms with van der Waals surface area (Å²) in [5.41, 5.74) is 0.958. The first kappa shape index (κ1) is 16.6. The number of ether oxygens (including phenoxy) is 1. The molecule has 0 fully saturated rings. The summed E-state index contributed by atoms with van der Waals surface area (Å²) >= 11 is 8.75. The summed E-state index contributed by atoms with van der Waals surface area (Å²) in [6, 6.07) is 8.27. The Bertz CT molecular complexity index is 707. The molecule has 4 nitrogen and oxygen atoms in total. The van der Waals surface area contributed by atoms with Gasteiger partial charge in [-0.25, -0.2) is 0 Å². The van der Waals surface area contributed by atoms with E-state index in [2.05, 4.69) is 37.2 Å². The maximum atomic E-state index is 12.2. The fraction of sp³-hybridized carbons (Fsp3) is 0.0714. The lowest BCUT2D eigenvalue weighted by Gasteiger charge is -2.11. The number of nitrogens with one attached hydrogen (secondary N) is 1. The third-order valence-corrected chi connectivity index (χ3v) is 4.89. The number of halogens is 3. The molecule has 7 heteroatoms. The number of rotatable bonds is 3. The molecule has 1 amide bonds. The SMILES string of the molecule is COc1cc(NC(=O)c2ccc(I)c(O)c2)c(Br)cc1Br. The summed E-state index contributed by atoms with van der Waals surface area (Å²) in [7, 11) is 1.55. The molecule has 21 heavy (non-hydrogen) atoms. The molecule has 0 heterocycles. The minimum absolute atomic E-state index is 0.0794. The predicted octanol–water partition coefficient (Wildman–Crippen LogP) is 4.78. The van der Waals surface area contributed by atoms with Crippen molar-refractivity contribution in [3.63, 3.8) is 0 Å². The second-order valence-corrected chi connectivity index (χ2v) is 6.96. The van der Waals surface area contributed by atoms with E-state index in [0.29, 0.717) is 20.6 Å². The Morgan fingerprint density at radius 2 is 1.95 bits per heavy atom. The first-order valence-electron chi connectivity index (χ1n) is 5.75. The summed E-state index contributed by atoms with van der Waals surface area (Å²) < 4.78 is 7.39. The van der Waals surface area contributed by atoms with E-state index >= 15 is 0 Å². The van der Waals surface area contributed by atoms with E-state index in [-0.39, 0.29) is 11.7 Å². The molecule has 0 bridgehead atoms. The van der Waals surface area contributed by atoms with Crippen molar-refractivity contribution in [2.75, 3.05) is 12.4 Å². The molecule has 0 saturated heterocycles. The molecule has 2 aromatic rings. The van der Waals surface area contributed by atoms with Crippen LogP contribution in [0.2, 0.25) is 0 Å². The van der Waals surface area contributed by atoms with Crippen LogP contribution in [0.1, 0.15) is 10.4 Å². The van der Waals surface area contributed by atoms with Crippen molar-refractivity contribution < 1.29 is 14.6 Å². The van der Waals surface area contributed by atoms with Gasteiger partial charge in [-0.1, -0.05) is 0 Å². The van der Waals surface area contributed by atoms with Gasteiger partial charge in [-0.3, -0.25) is 4.79 Å². The van der Waals surface area contributed by atoms with Crippen LogP contribution in [0.5, 0.6) is 11.5 Å². The average molecular weight is 527 g/mol. The first-order valence-corrected chi connectivity index (χ1v) is 8.41. The number of anilines is 1. The van der Waals surface area contributed by atoms with Crippen LogP contribution < -0.4 is 10.1 Å². The summed E-state index contributed by atoms with van der Waals surface area (Å²) in [6.45, 7) is 0. The maximum absolute atomic E-state index is 12.2. The number of methoxy groups -OCH3 is 1. The fourth-order valence-electron chi connectivity index (χ4n) is 1.63. The molecular formula is C14H10Br2INO3. The number of benzene rings is 2. The quantitative estimate of drug-likeness (QED) is 0.566.